The minimum Gasteiger partial charge on any atom is -0.489 e. The van der Waals surface area contributed by atoms with Crippen molar-refractivity contribution in [2.45, 2.75) is 6.42 Å². The first-order valence-corrected chi connectivity index (χ1v) is 7.38. The Balaban J connectivity index is 1.74. The molecule has 0 fully saturated rings. The van der Waals surface area contributed by atoms with Crippen molar-refractivity contribution in [2.75, 3.05) is 24.6 Å². The summed E-state index contributed by atoms with van der Waals surface area (Å²) in [6.45, 7) is 2.19. The molecule has 2 heterocycles. The highest BCUT2D eigenvalue weighted by Crippen LogP contribution is 2.38. The first-order valence-electron chi connectivity index (χ1n) is 7.38. The van der Waals surface area contributed by atoms with E-state index in [4.69, 9.17) is 10.5 Å². The predicted octanol–water partition coefficient (Wildman–Crippen LogP) is 3.12. The van der Waals surface area contributed by atoms with Crippen molar-refractivity contribution in [2.24, 2.45) is 5.73 Å². The molecular weight excluding hydrogens is 260 g/mol. The smallest absolute Gasteiger partial charge is 0.129 e. The summed E-state index contributed by atoms with van der Waals surface area (Å²) in [4.78, 5) is 2.36. The van der Waals surface area contributed by atoms with Crippen LogP contribution in [0.2, 0.25) is 0 Å². The van der Waals surface area contributed by atoms with Crippen LogP contribution in [0.15, 0.2) is 48.5 Å². The van der Waals surface area contributed by atoms with E-state index < -0.39 is 0 Å². The summed E-state index contributed by atoms with van der Waals surface area (Å²) in [6, 6.07) is 15.0. The summed E-state index contributed by atoms with van der Waals surface area (Å²) in [5.74, 6) is 0.944. The van der Waals surface area contributed by atoms with Crippen molar-refractivity contribution in [1.29, 1.82) is 0 Å². The van der Waals surface area contributed by atoms with Gasteiger partial charge in [0.25, 0.3) is 0 Å². The maximum atomic E-state index is 5.81. The van der Waals surface area contributed by atoms with Crippen LogP contribution >= 0.6 is 0 Å². The van der Waals surface area contributed by atoms with E-state index >= 15 is 0 Å². The van der Waals surface area contributed by atoms with Gasteiger partial charge < -0.3 is 15.4 Å². The van der Waals surface area contributed by atoms with Gasteiger partial charge in [0, 0.05) is 36.1 Å². The number of hydrogen-bond acceptors (Lipinski definition) is 3. The topological polar surface area (TPSA) is 38.5 Å². The van der Waals surface area contributed by atoms with Gasteiger partial charge in [-0.1, -0.05) is 18.2 Å². The first-order chi connectivity index (χ1) is 10.4. The van der Waals surface area contributed by atoms with Gasteiger partial charge in [-0.3, -0.25) is 0 Å². The van der Waals surface area contributed by atoms with E-state index in [1.54, 1.807) is 0 Å². The van der Waals surface area contributed by atoms with Gasteiger partial charge in [0.15, 0.2) is 0 Å². The molecule has 0 aromatic heterocycles. The van der Waals surface area contributed by atoms with Crippen LogP contribution in [0.1, 0.15) is 11.1 Å². The van der Waals surface area contributed by atoms with Crippen molar-refractivity contribution in [3.8, 4) is 5.75 Å². The van der Waals surface area contributed by atoms with Crippen molar-refractivity contribution in [1.82, 2.24) is 0 Å². The maximum Gasteiger partial charge on any atom is 0.129 e. The molecule has 106 valence electrons. The highest BCUT2D eigenvalue weighted by atomic mass is 16.5. The van der Waals surface area contributed by atoms with Crippen molar-refractivity contribution in [3.05, 3.63) is 59.7 Å². The van der Waals surface area contributed by atoms with E-state index in [2.05, 4.69) is 53.4 Å². The van der Waals surface area contributed by atoms with Crippen LogP contribution in [0.4, 0.5) is 11.4 Å². The average Bonchev–Trinajstić information content (AvgIpc) is 2.97. The van der Waals surface area contributed by atoms with E-state index in [-0.39, 0.29) is 0 Å². The maximum absolute atomic E-state index is 5.81. The molecule has 0 atom stereocenters. The highest BCUT2D eigenvalue weighted by molar-refractivity contribution is 5.78. The van der Waals surface area contributed by atoms with Gasteiger partial charge in [-0.2, -0.15) is 0 Å². The van der Waals surface area contributed by atoms with Crippen LogP contribution in [-0.4, -0.2) is 19.7 Å². The van der Waals surface area contributed by atoms with Crippen molar-refractivity contribution >= 4 is 16.9 Å². The minimum absolute atomic E-state index is 0.558. The van der Waals surface area contributed by atoms with Crippen LogP contribution in [0.25, 0.3) is 5.57 Å². The molecule has 0 amide bonds. The number of hydrogen-bond donors (Lipinski definition) is 1. The lowest BCUT2D eigenvalue weighted by Crippen LogP contribution is -2.15. The molecule has 0 spiro atoms. The third-order valence-corrected chi connectivity index (χ3v) is 4.30. The van der Waals surface area contributed by atoms with Crippen LogP contribution < -0.4 is 15.4 Å². The van der Waals surface area contributed by atoms with Crippen LogP contribution in [0, 0.1) is 0 Å². The van der Waals surface area contributed by atoms with E-state index in [1.165, 1.54) is 22.5 Å². The lowest BCUT2D eigenvalue weighted by atomic mass is 10.0. The highest BCUT2D eigenvalue weighted by Gasteiger charge is 2.21. The average molecular weight is 278 g/mol. The first kappa shape index (κ1) is 12.5. The Labute approximate surface area is 124 Å². The van der Waals surface area contributed by atoms with Crippen molar-refractivity contribution in [3.63, 3.8) is 0 Å². The normalized spacial score (nSPS) is 16.0. The zero-order valence-electron chi connectivity index (χ0n) is 11.9. The molecule has 3 nitrogen and oxygen atoms in total. The van der Waals surface area contributed by atoms with Gasteiger partial charge in [0.1, 0.15) is 12.4 Å². The summed E-state index contributed by atoms with van der Waals surface area (Å²) in [6.07, 6.45) is 3.16. The second-order valence-corrected chi connectivity index (χ2v) is 5.46. The predicted molar refractivity (Wildman–Crippen MR) is 86.1 cm³/mol. The molecule has 0 saturated heterocycles. The van der Waals surface area contributed by atoms with E-state index in [0.717, 1.165) is 24.3 Å². The Bertz CT molecular complexity index is 721. The van der Waals surface area contributed by atoms with Gasteiger partial charge in [-0.15, -0.1) is 0 Å². The fourth-order valence-corrected chi connectivity index (χ4v) is 3.21. The molecule has 2 N–H and O–H groups in total. The largest absolute Gasteiger partial charge is 0.489 e. The molecule has 0 saturated carbocycles. The molecule has 2 aliphatic rings. The summed E-state index contributed by atoms with van der Waals surface area (Å²) in [5.41, 5.74) is 12.0. The SMILES string of the molecule is NCC1=CCOc2cc(N3CCc4ccccc43)ccc21. The summed E-state index contributed by atoms with van der Waals surface area (Å²) < 4.78 is 5.79. The van der Waals surface area contributed by atoms with E-state index in [1.807, 2.05) is 0 Å². The van der Waals surface area contributed by atoms with E-state index in [0.29, 0.717) is 13.2 Å². The second-order valence-electron chi connectivity index (χ2n) is 5.46. The summed E-state index contributed by atoms with van der Waals surface area (Å²) in [7, 11) is 0. The molecule has 4 rings (SSSR count). The molecule has 0 unspecified atom stereocenters. The third-order valence-electron chi connectivity index (χ3n) is 4.30. The Morgan fingerprint density at radius 3 is 2.95 bits per heavy atom. The van der Waals surface area contributed by atoms with Gasteiger partial charge in [-0.05, 0) is 41.8 Å². The lowest BCUT2D eigenvalue weighted by molar-refractivity contribution is 0.357. The molecule has 2 aromatic carbocycles. The number of ether oxygens (including phenoxy) is 1. The molecule has 3 heteroatoms. The second kappa shape index (κ2) is 4.93. The third kappa shape index (κ3) is 2.01. The van der Waals surface area contributed by atoms with Gasteiger partial charge in [0.05, 0.1) is 0 Å². The molecule has 0 aliphatic carbocycles. The Hall–Kier alpha value is -2.26. The number of rotatable bonds is 2. The molecule has 2 aliphatic heterocycles. The molecule has 0 radical (unpaired) electrons. The van der Waals surface area contributed by atoms with Crippen LogP contribution in [0.3, 0.4) is 0 Å². The zero-order valence-corrected chi connectivity index (χ0v) is 11.9. The lowest BCUT2D eigenvalue weighted by Gasteiger charge is -2.23. The summed E-state index contributed by atoms with van der Waals surface area (Å²) >= 11 is 0. The summed E-state index contributed by atoms with van der Waals surface area (Å²) in [5, 5.41) is 0. The Morgan fingerprint density at radius 1 is 1.14 bits per heavy atom. The number of fused-ring (bicyclic) bond motifs is 2. The van der Waals surface area contributed by atoms with Crippen molar-refractivity contribution < 1.29 is 4.74 Å². The van der Waals surface area contributed by atoms with E-state index in [9.17, 15) is 0 Å². The molecular formula is C18H18N2O. The monoisotopic (exact) mass is 278 g/mol. The van der Waals surface area contributed by atoms with Crippen LogP contribution in [0.5, 0.6) is 5.75 Å². The Morgan fingerprint density at radius 2 is 2.05 bits per heavy atom. The number of para-hydroxylation sites is 1. The molecule has 2 aromatic rings. The quantitative estimate of drug-likeness (QED) is 0.917. The molecule has 21 heavy (non-hydrogen) atoms. The van der Waals surface area contributed by atoms with Crippen LogP contribution in [-0.2, 0) is 6.42 Å². The number of nitrogens with two attached hydrogens (primary N) is 1. The number of benzene rings is 2. The standard InChI is InChI=1S/C18H18N2O/c19-12-14-8-10-21-18-11-15(5-6-16(14)18)20-9-7-13-3-1-2-4-17(13)20/h1-6,8,11H,7,9-10,12,19H2. The van der Waals surface area contributed by atoms with Gasteiger partial charge in [0.2, 0.25) is 0 Å². The number of nitrogens with zero attached hydrogens (tertiary/aromatic N) is 1. The van der Waals surface area contributed by atoms with Gasteiger partial charge in [-0.25, -0.2) is 0 Å². The minimum atomic E-state index is 0.558. The fourth-order valence-electron chi connectivity index (χ4n) is 3.21. The Kier molecular flexibility index (Phi) is 2.93. The zero-order chi connectivity index (χ0) is 14.2. The molecule has 0 bridgehead atoms. The fraction of sp³-hybridized carbons (Fsp3) is 0.222. The number of anilines is 2. The van der Waals surface area contributed by atoms with Gasteiger partial charge >= 0.3 is 0 Å².